The van der Waals surface area contributed by atoms with Gasteiger partial charge in [-0.05, 0) is 35.9 Å². The van der Waals surface area contributed by atoms with Crippen LogP contribution in [0.1, 0.15) is 10.4 Å². The monoisotopic (exact) mass is 403 g/mol. The molecule has 2 aromatic carbocycles. The second kappa shape index (κ2) is 7.64. The predicted octanol–water partition coefficient (Wildman–Crippen LogP) is 3.24. The van der Waals surface area contributed by atoms with Crippen molar-refractivity contribution in [1.29, 1.82) is 0 Å². The van der Waals surface area contributed by atoms with Crippen molar-refractivity contribution < 1.29 is 14.3 Å². The standard InChI is InChI=1S/C22H21N5O3/c1-29-22(28)15-4-7-18-17(12-15)20(26-25-18)21-23-13-19(24-21)14-2-5-16(6-3-14)27-8-10-30-11-9-27/h2-7,12-13H,8-11H2,1H3,(H,23,24)(H,25,26). The van der Waals surface area contributed by atoms with Crippen molar-refractivity contribution in [2.45, 2.75) is 0 Å². The number of carbonyl (C=O) groups excluding carboxylic acids is 1. The largest absolute Gasteiger partial charge is 0.465 e. The Morgan fingerprint density at radius 2 is 1.93 bits per heavy atom. The fourth-order valence-electron chi connectivity index (χ4n) is 3.70. The summed E-state index contributed by atoms with van der Waals surface area (Å²) in [5.41, 5.74) is 5.09. The number of methoxy groups -OCH3 is 1. The van der Waals surface area contributed by atoms with E-state index in [1.165, 1.54) is 12.8 Å². The Balaban J connectivity index is 1.43. The Bertz CT molecular complexity index is 1190. The summed E-state index contributed by atoms with van der Waals surface area (Å²) in [4.78, 5) is 22.0. The molecule has 30 heavy (non-hydrogen) atoms. The molecule has 0 aliphatic carbocycles. The minimum absolute atomic E-state index is 0.385. The first kappa shape index (κ1) is 18.4. The minimum atomic E-state index is -0.385. The Hall–Kier alpha value is -3.65. The van der Waals surface area contributed by atoms with Gasteiger partial charge in [-0.1, -0.05) is 12.1 Å². The number of benzene rings is 2. The van der Waals surface area contributed by atoms with Crippen LogP contribution >= 0.6 is 0 Å². The highest BCUT2D eigenvalue weighted by Gasteiger charge is 2.16. The molecule has 0 bridgehead atoms. The Labute approximate surface area is 172 Å². The number of anilines is 1. The lowest BCUT2D eigenvalue weighted by Crippen LogP contribution is -2.36. The van der Waals surface area contributed by atoms with Crippen molar-refractivity contribution >= 4 is 22.6 Å². The van der Waals surface area contributed by atoms with Crippen LogP contribution in [0.4, 0.5) is 5.69 Å². The smallest absolute Gasteiger partial charge is 0.337 e. The van der Waals surface area contributed by atoms with Gasteiger partial charge in [0.25, 0.3) is 0 Å². The van der Waals surface area contributed by atoms with Crippen LogP contribution in [0.15, 0.2) is 48.7 Å². The molecule has 0 saturated carbocycles. The summed E-state index contributed by atoms with van der Waals surface area (Å²) in [6.07, 6.45) is 1.80. The Kier molecular flexibility index (Phi) is 4.68. The number of hydrogen-bond acceptors (Lipinski definition) is 6. The highest BCUT2D eigenvalue weighted by atomic mass is 16.5. The van der Waals surface area contributed by atoms with Gasteiger partial charge >= 0.3 is 5.97 Å². The van der Waals surface area contributed by atoms with Crippen molar-refractivity contribution in [2.75, 3.05) is 38.3 Å². The lowest BCUT2D eigenvalue weighted by atomic mass is 10.1. The number of imidazole rings is 1. The van der Waals surface area contributed by atoms with Gasteiger partial charge in [-0.15, -0.1) is 0 Å². The van der Waals surface area contributed by atoms with Crippen molar-refractivity contribution in [3.63, 3.8) is 0 Å². The minimum Gasteiger partial charge on any atom is -0.465 e. The lowest BCUT2D eigenvalue weighted by Gasteiger charge is -2.28. The zero-order valence-corrected chi connectivity index (χ0v) is 16.5. The fourth-order valence-corrected chi connectivity index (χ4v) is 3.70. The second-order valence-corrected chi connectivity index (χ2v) is 7.12. The van der Waals surface area contributed by atoms with Crippen LogP contribution in [0.5, 0.6) is 0 Å². The number of hydrogen-bond donors (Lipinski definition) is 2. The van der Waals surface area contributed by atoms with E-state index in [1.807, 2.05) is 6.07 Å². The van der Waals surface area contributed by atoms with E-state index in [9.17, 15) is 4.79 Å². The SMILES string of the molecule is COC(=O)c1ccc2[nH]nc(-c3ncc(-c4ccc(N5CCOCC5)cc4)[nH]3)c2c1. The maximum Gasteiger partial charge on any atom is 0.337 e. The average Bonchev–Trinajstić information content (AvgIpc) is 3.46. The molecule has 8 heteroatoms. The molecule has 5 rings (SSSR count). The quantitative estimate of drug-likeness (QED) is 0.508. The summed E-state index contributed by atoms with van der Waals surface area (Å²) in [5, 5.41) is 8.18. The molecule has 152 valence electrons. The van der Waals surface area contributed by atoms with Crippen molar-refractivity contribution in [3.05, 3.63) is 54.2 Å². The summed E-state index contributed by atoms with van der Waals surface area (Å²) in [6.45, 7) is 3.35. The molecule has 0 radical (unpaired) electrons. The number of rotatable bonds is 4. The molecule has 4 aromatic rings. The van der Waals surface area contributed by atoms with Crippen LogP contribution in [0, 0.1) is 0 Å². The third-order valence-electron chi connectivity index (χ3n) is 5.34. The van der Waals surface area contributed by atoms with Crippen LogP contribution in [-0.4, -0.2) is 59.5 Å². The number of H-pyrrole nitrogens is 2. The first-order valence-corrected chi connectivity index (χ1v) is 9.78. The molecule has 2 N–H and O–H groups in total. The Morgan fingerprint density at radius 3 is 2.70 bits per heavy atom. The van der Waals surface area contributed by atoms with Crippen molar-refractivity contribution in [3.8, 4) is 22.8 Å². The highest BCUT2D eigenvalue weighted by Crippen LogP contribution is 2.28. The molecule has 1 saturated heterocycles. The fraction of sp³-hybridized carbons (Fsp3) is 0.227. The second-order valence-electron chi connectivity index (χ2n) is 7.12. The molecule has 0 atom stereocenters. The van der Waals surface area contributed by atoms with Gasteiger partial charge in [-0.25, -0.2) is 9.78 Å². The van der Waals surface area contributed by atoms with E-state index in [0.29, 0.717) is 17.1 Å². The molecular weight excluding hydrogens is 382 g/mol. The first-order chi connectivity index (χ1) is 14.7. The molecule has 0 spiro atoms. The van der Waals surface area contributed by atoms with Gasteiger partial charge in [0.2, 0.25) is 0 Å². The van der Waals surface area contributed by atoms with Gasteiger partial charge in [-0.2, -0.15) is 5.10 Å². The van der Waals surface area contributed by atoms with E-state index in [1.54, 1.807) is 18.3 Å². The van der Waals surface area contributed by atoms with Crippen LogP contribution in [0.2, 0.25) is 0 Å². The summed E-state index contributed by atoms with van der Waals surface area (Å²) < 4.78 is 10.2. The normalized spacial score (nSPS) is 14.2. The average molecular weight is 403 g/mol. The molecule has 1 fully saturated rings. The van der Waals surface area contributed by atoms with E-state index in [-0.39, 0.29) is 5.97 Å². The number of morpholine rings is 1. The molecule has 2 aromatic heterocycles. The van der Waals surface area contributed by atoms with E-state index >= 15 is 0 Å². The molecule has 1 aliphatic rings. The number of aromatic amines is 2. The van der Waals surface area contributed by atoms with Crippen LogP contribution < -0.4 is 4.90 Å². The topological polar surface area (TPSA) is 96.1 Å². The molecule has 3 heterocycles. The van der Waals surface area contributed by atoms with Crippen LogP contribution in [0.3, 0.4) is 0 Å². The molecule has 8 nitrogen and oxygen atoms in total. The van der Waals surface area contributed by atoms with Gasteiger partial charge in [0.05, 0.1) is 43.3 Å². The van der Waals surface area contributed by atoms with Gasteiger partial charge in [-0.3, -0.25) is 5.10 Å². The van der Waals surface area contributed by atoms with Crippen molar-refractivity contribution in [1.82, 2.24) is 20.2 Å². The number of ether oxygens (including phenoxy) is 2. The molecular formula is C22H21N5O3. The molecule has 0 unspecified atom stereocenters. The number of fused-ring (bicyclic) bond motifs is 1. The third kappa shape index (κ3) is 3.31. The molecule has 0 amide bonds. The molecule has 1 aliphatic heterocycles. The predicted molar refractivity (Wildman–Crippen MR) is 113 cm³/mol. The summed E-state index contributed by atoms with van der Waals surface area (Å²) in [6, 6.07) is 13.7. The van der Waals surface area contributed by atoms with E-state index < -0.39 is 0 Å². The third-order valence-corrected chi connectivity index (χ3v) is 5.34. The first-order valence-electron chi connectivity index (χ1n) is 9.78. The van der Waals surface area contributed by atoms with Crippen molar-refractivity contribution in [2.24, 2.45) is 0 Å². The van der Waals surface area contributed by atoms with E-state index in [0.717, 1.165) is 48.5 Å². The van der Waals surface area contributed by atoms with E-state index in [4.69, 9.17) is 9.47 Å². The number of nitrogens with zero attached hydrogens (tertiary/aromatic N) is 3. The van der Waals surface area contributed by atoms with E-state index in [2.05, 4.69) is 49.3 Å². The maximum absolute atomic E-state index is 11.9. The van der Waals surface area contributed by atoms with Gasteiger partial charge in [0.1, 0.15) is 5.69 Å². The number of nitrogens with one attached hydrogen (secondary N) is 2. The van der Waals surface area contributed by atoms with Crippen LogP contribution in [0.25, 0.3) is 33.7 Å². The van der Waals surface area contributed by atoms with Gasteiger partial charge in [0.15, 0.2) is 5.82 Å². The summed E-state index contributed by atoms with van der Waals surface area (Å²) in [7, 11) is 1.37. The summed E-state index contributed by atoms with van der Waals surface area (Å²) >= 11 is 0. The Morgan fingerprint density at radius 1 is 1.13 bits per heavy atom. The van der Waals surface area contributed by atoms with Gasteiger partial charge in [0, 0.05) is 24.2 Å². The zero-order valence-electron chi connectivity index (χ0n) is 16.5. The van der Waals surface area contributed by atoms with Crippen LogP contribution in [-0.2, 0) is 9.47 Å². The van der Waals surface area contributed by atoms with Gasteiger partial charge < -0.3 is 19.4 Å². The zero-order chi connectivity index (χ0) is 20.5. The maximum atomic E-state index is 11.9. The number of aromatic nitrogens is 4. The highest BCUT2D eigenvalue weighted by molar-refractivity contribution is 5.98. The number of esters is 1. The lowest BCUT2D eigenvalue weighted by molar-refractivity contribution is 0.0601. The summed E-state index contributed by atoms with van der Waals surface area (Å²) in [5.74, 6) is 0.250. The number of carbonyl (C=O) groups is 1.